The van der Waals surface area contributed by atoms with Crippen LogP contribution in [0.1, 0.15) is 40.4 Å². The first-order chi connectivity index (χ1) is 9.40. The maximum Gasteiger partial charge on any atom is 0.254 e. The third-order valence-corrected chi connectivity index (χ3v) is 3.33. The van der Waals surface area contributed by atoms with E-state index in [1.807, 2.05) is 39.8 Å². The van der Waals surface area contributed by atoms with Crippen LogP contribution in [-0.2, 0) is 0 Å². The van der Waals surface area contributed by atoms with Gasteiger partial charge in [0.25, 0.3) is 5.91 Å². The van der Waals surface area contributed by atoms with Gasteiger partial charge < -0.3 is 15.8 Å². The minimum Gasteiger partial charge on any atom is -0.409 e. The molecule has 1 rings (SSSR count). The van der Waals surface area contributed by atoms with Gasteiger partial charge in [0.2, 0.25) is 0 Å². The molecule has 3 N–H and O–H groups in total. The summed E-state index contributed by atoms with van der Waals surface area (Å²) >= 11 is 0. The van der Waals surface area contributed by atoms with E-state index in [4.69, 9.17) is 10.9 Å². The van der Waals surface area contributed by atoms with Crippen LogP contribution in [0, 0.1) is 20.8 Å². The predicted octanol–water partition coefficient (Wildman–Crippen LogP) is 2.21. The average Bonchev–Trinajstić information content (AvgIpc) is 2.37. The molecule has 1 aromatic rings. The fourth-order valence-corrected chi connectivity index (χ4v) is 2.38. The Bertz CT molecular complexity index is 501. The molecular weight excluding hydrogens is 254 g/mol. The third kappa shape index (κ3) is 3.73. The number of amidine groups is 1. The fraction of sp³-hybridized carbons (Fsp3) is 0.467. The van der Waals surface area contributed by atoms with Gasteiger partial charge in [-0.25, -0.2) is 0 Å². The lowest BCUT2D eigenvalue weighted by Crippen LogP contribution is -2.34. The molecule has 0 saturated carbocycles. The van der Waals surface area contributed by atoms with Crippen molar-refractivity contribution in [2.24, 2.45) is 10.9 Å². The van der Waals surface area contributed by atoms with Crippen LogP contribution in [0.2, 0.25) is 0 Å². The Labute approximate surface area is 120 Å². The Morgan fingerprint density at radius 2 is 1.85 bits per heavy atom. The number of carbonyl (C=O) groups is 1. The van der Waals surface area contributed by atoms with Crippen molar-refractivity contribution in [2.45, 2.75) is 34.1 Å². The van der Waals surface area contributed by atoms with Gasteiger partial charge in [-0.1, -0.05) is 22.9 Å². The third-order valence-electron chi connectivity index (χ3n) is 3.33. The normalized spacial score (nSPS) is 11.5. The van der Waals surface area contributed by atoms with Gasteiger partial charge in [-0.05, 0) is 38.8 Å². The number of nitrogens with zero attached hydrogens (tertiary/aromatic N) is 2. The summed E-state index contributed by atoms with van der Waals surface area (Å²) in [5.74, 6) is 0.127. The Kier molecular flexibility index (Phi) is 5.55. The van der Waals surface area contributed by atoms with E-state index in [0.29, 0.717) is 19.5 Å². The zero-order chi connectivity index (χ0) is 15.3. The molecule has 0 aromatic heterocycles. The van der Waals surface area contributed by atoms with Crippen molar-refractivity contribution in [2.75, 3.05) is 13.1 Å². The molecule has 0 aliphatic rings. The van der Waals surface area contributed by atoms with Gasteiger partial charge in [-0.2, -0.15) is 0 Å². The van der Waals surface area contributed by atoms with Gasteiger partial charge in [-0.3, -0.25) is 4.79 Å². The molecule has 0 heterocycles. The van der Waals surface area contributed by atoms with Crippen molar-refractivity contribution in [3.05, 3.63) is 34.4 Å². The van der Waals surface area contributed by atoms with E-state index < -0.39 is 0 Å². The number of oxime groups is 1. The largest absolute Gasteiger partial charge is 0.409 e. The highest BCUT2D eigenvalue weighted by atomic mass is 16.4. The van der Waals surface area contributed by atoms with E-state index in [1.54, 1.807) is 4.90 Å². The van der Waals surface area contributed by atoms with Crippen LogP contribution in [0.5, 0.6) is 0 Å². The first-order valence-corrected chi connectivity index (χ1v) is 6.74. The molecule has 5 nitrogen and oxygen atoms in total. The number of rotatable bonds is 5. The molecule has 5 heteroatoms. The summed E-state index contributed by atoms with van der Waals surface area (Å²) in [5.41, 5.74) is 9.32. The van der Waals surface area contributed by atoms with Gasteiger partial charge >= 0.3 is 0 Å². The van der Waals surface area contributed by atoms with Crippen LogP contribution in [0.4, 0.5) is 0 Å². The van der Waals surface area contributed by atoms with Crippen molar-refractivity contribution in [1.29, 1.82) is 0 Å². The molecule has 0 atom stereocenters. The van der Waals surface area contributed by atoms with Crippen LogP contribution in [-0.4, -0.2) is 34.9 Å². The minimum atomic E-state index is -0.00626. The summed E-state index contributed by atoms with van der Waals surface area (Å²) in [5, 5.41) is 11.5. The molecule has 0 unspecified atom stereocenters. The van der Waals surface area contributed by atoms with Crippen molar-refractivity contribution < 1.29 is 10.0 Å². The molecular formula is C15H23N3O2. The summed E-state index contributed by atoms with van der Waals surface area (Å²) in [6.45, 7) is 8.87. The summed E-state index contributed by atoms with van der Waals surface area (Å²) in [7, 11) is 0. The summed E-state index contributed by atoms with van der Waals surface area (Å²) in [4.78, 5) is 14.3. The SMILES string of the molecule is CCN(CCC(N)=NO)C(=O)c1c(C)cc(C)cc1C. The topological polar surface area (TPSA) is 78.9 Å². The molecule has 0 aliphatic carbocycles. The number of amides is 1. The highest BCUT2D eigenvalue weighted by molar-refractivity contribution is 5.97. The van der Waals surface area contributed by atoms with Crippen molar-refractivity contribution in [3.63, 3.8) is 0 Å². The molecule has 0 saturated heterocycles. The maximum atomic E-state index is 12.6. The van der Waals surface area contributed by atoms with E-state index in [1.165, 1.54) is 0 Å². The number of hydrogen-bond donors (Lipinski definition) is 2. The molecule has 0 bridgehead atoms. The lowest BCUT2D eigenvalue weighted by molar-refractivity contribution is 0.0767. The summed E-state index contributed by atoms with van der Waals surface area (Å²) < 4.78 is 0. The van der Waals surface area contributed by atoms with Crippen molar-refractivity contribution in [1.82, 2.24) is 4.90 Å². The Balaban J connectivity index is 2.97. The first-order valence-electron chi connectivity index (χ1n) is 6.74. The molecule has 0 spiro atoms. The van der Waals surface area contributed by atoms with Gasteiger partial charge in [0.1, 0.15) is 5.84 Å². The van der Waals surface area contributed by atoms with E-state index in [2.05, 4.69) is 5.16 Å². The van der Waals surface area contributed by atoms with E-state index in [-0.39, 0.29) is 11.7 Å². The van der Waals surface area contributed by atoms with Crippen LogP contribution < -0.4 is 5.73 Å². The monoisotopic (exact) mass is 277 g/mol. The highest BCUT2D eigenvalue weighted by Crippen LogP contribution is 2.18. The molecule has 20 heavy (non-hydrogen) atoms. The number of carbonyl (C=O) groups excluding carboxylic acids is 1. The quantitative estimate of drug-likeness (QED) is 0.375. The van der Waals surface area contributed by atoms with Gasteiger partial charge in [0.15, 0.2) is 0 Å². The van der Waals surface area contributed by atoms with Crippen molar-refractivity contribution in [3.8, 4) is 0 Å². The van der Waals surface area contributed by atoms with Gasteiger partial charge in [0, 0.05) is 25.1 Å². The summed E-state index contributed by atoms with van der Waals surface area (Å²) in [6.07, 6.45) is 0.361. The van der Waals surface area contributed by atoms with E-state index in [0.717, 1.165) is 22.3 Å². The van der Waals surface area contributed by atoms with Crippen LogP contribution in [0.3, 0.4) is 0 Å². The van der Waals surface area contributed by atoms with E-state index >= 15 is 0 Å². The zero-order valence-electron chi connectivity index (χ0n) is 12.6. The zero-order valence-corrected chi connectivity index (χ0v) is 12.6. The second-order valence-electron chi connectivity index (χ2n) is 5.00. The lowest BCUT2D eigenvalue weighted by Gasteiger charge is -2.23. The molecule has 1 aromatic carbocycles. The number of hydrogen-bond acceptors (Lipinski definition) is 3. The van der Waals surface area contributed by atoms with Gasteiger partial charge in [0.05, 0.1) is 0 Å². The smallest absolute Gasteiger partial charge is 0.254 e. The molecule has 1 amide bonds. The van der Waals surface area contributed by atoms with Crippen LogP contribution in [0.15, 0.2) is 17.3 Å². The van der Waals surface area contributed by atoms with Crippen molar-refractivity contribution >= 4 is 11.7 Å². The number of aryl methyl sites for hydroxylation is 3. The number of nitrogens with two attached hydrogens (primary N) is 1. The van der Waals surface area contributed by atoms with E-state index in [9.17, 15) is 4.79 Å². The molecule has 0 radical (unpaired) electrons. The van der Waals surface area contributed by atoms with Crippen LogP contribution in [0.25, 0.3) is 0 Å². The Morgan fingerprint density at radius 3 is 2.30 bits per heavy atom. The molecule has 0 aliphatic heterocycles. The number of benzene rings is 1. The summed E-state index contributed by atoms with van der Waals surface area (Å²) in [6, 6.07) is 4.02. The molecule has 110 valence electrons. The first kappa shape index (κ1) is 16.0. The van der Waals surface area contributed by atoms with Gasteiger partial charge in [-0.15, -0.1) is 0 Å². The Hall–Kier alpha value is -2.04. The molecule has 0 fully saturated rings. The fourth-order valence-electron chi connectivity index (χ4n) is 2.38. The van der Waals surface area contributed by atoms with Crippen LogP contribution >= 0.6 is 0 Å². The average molecular weight is 277 g/mol. The minimum absolute atomic E-state index is 0.00626. The predicted molar refractivity (Wildman–Crippen MR) is 80.3 cm³/mol. The highest BCUT2D eigenvalue weighted by Gasteiger charge is 2.18. The second-order valence-corrected chi connectivity index (χ2v) is 5.00. The lowest BCUT2D eigenvalue weighted by atomic mass is 9.98. The standard InChI is InChI=1S/C15H23N3O2/c1-5-18(7-6-13(16)17-20)15(19)14-11(3)8-10(2)9-12(14)4/h8-9,20H,5-7H2,1-4H3,(H2,16,17). The maximum absolute atomic E-state index is 12.6. The second kappa shape index (κ2) is 6.93. The Morgan fingerprint density at radius 1 is 1.30 bits per heavy atom.